The normalized spacial score (nSPS) is 13.5. The minimum atomic E-state index is -0.284. The lowest BCUT2D eigenvalue weighted by Crippen LogP contribution is -2.45. The Balaban J connectivity index is 1.72. The number of ether oxygens (including phenoxy) is 1. The molecule has 0 atom stereocenters. The van der Waals surface area contributed by atoms with Crippen molar-refractivity contribution in [2.45, 2.75) is 13.5 Å². The number of anilines is 1. The van der Waals surface area contributed by atoms with Crippen molar-refractivity contribution in [2.24, 2.45) is 0 Å². The van der Waals surface area contributed by atoms with Gasteiger partial charge < -0.3 is 9.64 Å². The zero-order valence-corrected chi connectivity index (χ0v) is 13.5. The van der Waals surface area contributed by atoms with Crippen LogP contribution < -0.4 is 9.64 Å². The van der Waals surface area contributed by atoms with Crippen molar-refractivity contribution in [3.05, 3.63) is 28.9 Å². The maximum absolute atomic E-state index is 12.4. The molecule has 0 saturated carbocycles. The third-order valence-corrected chi connectivity index (χ3v) is 4.31. The molecule has 0 unspecified atom stereocenters. The van der Waals surface area contributed by atoms with E-state index in [0.717, 1.165) is 10.6 Å². The molecule has 0 aliphatic carbocycles. The number of amides is 2. The van der Waals surface area contributed by atoms with Crippen LogP contribution >= 0.6 is 11.5 Å². The predicted molar refractivity (Wildman–Crippen MR) is 83.2 cm³/mol. The topological polar surface area (TPSA) is 88.5 Å². The van der Waals surface area contributed by atoms with Crippen LogP contribution in [-0.2, 0) is 16.1 Å². The van der Waals surface area contributed by atoms with Crippen molar-refractivity contribution in [3.8, 4) is 5.75 Å². The average molecular weight is 333 g/mol. The summed E-state index contributed by atoms with van der Waals surface area (Å²) < 4.78 is 9.17. The molecule has 3 rings (SSSR count). The van der Waals surface area contributed by atoms with Crippen LogP contribution in [0.3, 0.4) is 0 Å². The molecule has 0 bridgehead atoms. The van der Waals surface area contributed by atoms with Crippen molar-refractivity contribution >= 4 is 29.2 Å². The van der Waals surface area contributed by atoms with Gasteiger partial charge in [0.2, 0.25) is 5.91 Å². The van der Waals surface area contributed by atoms with Crippen molar-refractivity contribution in [3.63, 3.8) is 0 Å². The summed E-state index contributed by atoms with van der Waals surface area (Å²) in [5, 5.41) is 3.93. The molecule has 3 heterocycles. The number of aryl methyl sites for hydroxylation is 1. The third kappa shape index (κ3) is 3.14. The largest absolute Gasteiger partial charge is 0.480 e. The number of hydrogen-bond acceptors (Lipinski definition) is 7. The van der Waals surface area contributed by atoms with Crippen molar-refractivity contribution in [2.75, 3.05) is 25.1 Å². The molecule has 2 amide bonds. The number of likely N-dealkylation sites (N-methyl/N-ethyl adjacent to an activating group) is 1. The number of aromatic nitrogens is 3. The van der Waals surface area contributed by atoms with Gasteiger partial charge in [0.1, 0.15) is 6.54 Å². The molecule has 8 nitrogen and oxygen atoms in total. The summed E-state index contributed by atoms with van der Waals surface area (Å²) in [6.45, 7) is 2.10. The van der Waals surface area contributed by atoms with E-state index in [1.165, 1.54) is 16.4 Å². The molecule has 2 aromatic heterocycles. The Morgan fingerprint density at radius 3 is 3.09 bits per heavy atom. The highest BCUT2D eigenvalue weighted by Gasteiger charge is 2.29. The van der Waals surface area contributed by atoms with E-state index in [9.17, 15) is 9.59 Å². The molecule has 2 aromatic rings. The van der Waals surface area contributed by atoms with Gasteiger partial charge in [-0.3, -0.25) is 14.5 Å². The number of carbonyl (C=O) groups is 2. The Hall–Kier alpha value is -2.55. The molecule has 0 N–H and O–H groups in total. The Bertz CT molecular complexity index is 748. The Morgan fingerprint density at radius 2 is 2.35 bits per heavy atom. The van der Waals surface area contributed by atoms with Crippen LogP contribution in [-0.4, -0.2) is 51.5 Å². The molecule has 0 saturated heterocycles. The summed E-state index contributed by atoms with van der Waals surface area (Å²) >= 11 is 1.26. The molecule has 0 spiro atoms. The summed E-state index contributed by atoms with van der Waals surface area (Å²) in [4.78, 5) is 32.5. The lowest BCUT2D eigenvalue weighted by molar-refractivity contribution is -0.131. The van der Waals surface area contributed by atoms with Crippen molar-refractivity contribution < 1.29 is 14.3 Å². The molecule has 23 heavy (non-hydrogen) atoms. The lowest BCUT2D eigenvalue weighted by atomic mass is 10.3. The van der Waals surface area contributed by atoms with Gasteiger partial charge in [-0.25, -0.2) is 4.98 Å². The van der Waals surface area contributed by atoms with Crippen LogP contribution in [0.1, 0.15) is 10.6 Å². The Labute approximate surface area is 136 Å². The first-order valence-electron chi connectivity index (χ1n) is 6.96. The van der Waals surface area contributed by atoms with Gasteiger partial charge in [0.25, 0.3) is 5.91 Å². The number of nitrogens with zero attached hydrogens (tertiary/aromatic N) is 5. The molecular formula is C14H15N5O3S. The summed E-state index contributed by atoms with van der Waals surface area (Å²) in [6.07, 6.45) is 1.56. The maximum atomic E-state index is 12.4. The quantitative estimate of drug-likeness (QED) is 0.815. The summed E-state index contributed by atoms with van der Waals surface area (Å²) in [6, 6.07) is 3.45. The number of hydrogen-bond donors (Lipinski definition) is 0. The number of rotatable bonds is 4. The molecule has 0 aromatic carbocycles. The lowest BCUT2D eigenvalue weighted by Gasteiger charge is -2.29. The van der Waals surface area contributed by atoms with Gasteiger partial charge in [-0.05, 0) is 30.6 Å². The monoisotopic (exact) mass is 333 g/mol. The highest BCUT2D eigenvalue weighted by Crippen LogP contribution is 2.28. The molecular weight excluding hydrogens is 318 g/mol. The average Bonchev–Trinajstić information content (AvgIpc) is 2.95. The van der Waals surface area contributed by atoms with E-state index >= 15 is 0 Å². The van der Waals surface area contributed by atoms with E-state index in [0.29, 0.717) is 18.1 Å². The molecule has 0 fully saturated rings. The second-order valence-electron chi connectivity index (χ2n) is 5.13. The van der Waals surface area contributed by atoms with Gasteiger partial charge in [0, 0.05) is 13.2 Å². The molecule has 9 heteroatoms. The van der Waals surface area contributed by atoms with Crippen LogP contribution in [0.15, 0.2) is 18.3 Å². The van der Waals surface area contributed by atoms with Gasteiger partial charge in [0.05, 0.1) is 17.1 Å². The number of carbonyl (C=O) groups excluding carboxylic acids is 2. The Morgan fingerprint density at radius 1 is 1.52 bits per heavy atom. The Kier molecular flexibility index (Phi) is 4.20. The fraction of sp³-hybridized carbons (Fsp3) is 0.357. The highest BCUT2D eigenvalue weighted by atomic mass is 32.1. The summed E-state index contributed by atoms with van der Waals surface area (Å²) in [5.74, 6) is 0.407. The van der Waals surface area contributed by atoms with E-state index in [2.05, 4.69) is 14.6 Å². The first kappa shape index (κ1) is 15.3. The minimum absolute atomic E-state index is 0.0754. The van der Waals surface area contributed by atoms with Crippen LogP contribution in [0.5, 0.6) is 5.75 Å². The van der Waals surface area contributed by atoms with E-state index in [1.54, 1.807) is 30.3 Å². The molecule has 0 radical (unpaired) electrons. The number of pyridine rings is 1. The van der Waals surface area contributed by atoms with Crippen molar-refractivity contribution in [1.82, 2.24) is 19.5 Å². The maximum Gasteiger partial charge on any atom is 0.266 e. The third-order valence-electron chi connectivity index (χ3n) is 3.50. The van der Waals surface area contributed by atoms with E-state index in [-0.39, 0.29) is 25.0 Å². The summed E-state index contributed by atoms with van der Waals surface area (Å²) in [7, 11) is 1.69. The van der Waals surface area contributed by atoms with Gasteiger partial charge in [-0.2, -0.15) is 0 Å². The zero-order valence-electron chi connectivity index (χ0n) is 12.7. The first-order chi connectivity index (χ1) is 11.1. The van der Waals surface area contributed by atoms with E-state index < -0.39 is 0 Å². The van der Waals surface area contributed by atoms with Crippen LogP contribution in [0, 0.1) is 6.92 Å². The SMILES string of the molecule is Cc1nnsc1CN(C)C(=O)CN1C(=O)COc2cccnc21. The van der Waals surface area contributed by atoms with E-state index in [4.69, 9.17) is 4.74 Å². The fourth-order valence-corrected chi connectivity index (χ4v) is 2.84. The standard InChI is InChI=1S/C14H15N5O3S/c1-9-11(23-17-16-9)6-18(2)12(20)7-19-13(21)8-22-10-4-3-5-15-14(10)19/h3-5H,6-8H2,1-2H3. The van der Waals surface area contributed by atoms with Crippen molar-refractivity contribution in [1.29, 1.82) is 0 Å². The van der Waals surface area contributed by atoms with Gasteiger partial charge >= 0.3 is 0 Å². The second-order valence-corrected chi connectivity index (χ2v) is 5.96. The van der Waals surface area contributed by atoms with Gasteiger partial charge in [0.15, 0.2) is 18.2 Å². The molecule has 1 aliphatic rings. The van der Waals surface area contributed by atoms with Crippen LogP contribution in [0.2, 0.25) is 0 Å². The number of fused-ring (bicyclic) bond motifs is 1. The van der Waals surface area contributed by atoms with Gasteiger partial charge in [-0.1, -0.05) is 4.49 Å². The first-order valence-corrected chi connectivity index (χ1v) is 7.73. The van der Waals surface area contributed by atoms with Gasteiger partial charge in [-0.15, -0.1) is 5.10 Å². The molecule has 1 aliphatic heterocycles. The second kappa shape index (κ2) is 6.29. The minimum Gasteiger partial charge on any atom is -0.480 e. The van der Waals surface area contributed by atoms with Crippen LogP contribution in [0.4, 0.5) is 5.82 Å². The predicted octanol–water partition coefficient (Wildman–Crippen LogP) is 0.626. The highest BCUT2D eigenvalue weighted by molar-refractivity contribution is 7.05. The molecule has 120 valence electrons. The zero-order chi connectivity index (χ0) is 16.4. The van der Waals surface area contributed by atoms with Crippen LogP contribution in [0.25, 0.3) is 0 Å². The smallest absolute Gasteiger partial charge is 0.266 e. The fourth-order valence-electron chi connectivity index (χ4n) is 2.15. The van der Waals surface area contributed by atoms with E-state index in [1.807, 2.05) is 6.92 Å². The summed E-state index contributed by atoms with van der Waals surface area (Å²) in [5.41, 5.74) is 0.809.